The van der Waals surface area contributed by atoms with Gasteiger partial charge in [-0.2, -0.15) is 5.10 Å². The molecular weight excluding hydrogens is 364 g/mol. The molecule has 9 nitrogen and oxygen atoms in total. The van der Waals surface area contributed by atoms with Crippen molar-refractivity contribution in [2.75, 3.05) is 31.6 Å². The molecule has 1 aromatic heterocycles. The van der Waals surface area contributed by atoms with Gasteiger partial charge >= 0.3 is 11.9 Å². The molecule has 2 aromatic rings. The van der Waals surface area contributed by atoms with E-state index in [1.165, 1.54) is 25.4 Å². The maximum Gasteiger partial charge on any atom is 0.354 e. The van der Waals surface area contributed by atoms with Crippen LogP contribution in [0, 0.1) is 0 Å². The summed E-state index contributed by atoms with van der Waals surface area (Å²) in [4.78, 5) is 37.8. The Morgan fingerprint density at radius 2 is 1.82 bits per heavy atom. The molecule has 0 atom stereocenters. The molecule has 0 aliphatic carbocycles. The van der Waals surface area contributed by atoms with Gasteiger partial charge in [0.05, 0.1) is 17.3 Å². The van der Waals surface area contributed by atoms with Crippen molar-refractivity contribution in [2.45, 2.75) is 13.8 Å². The molecule has 0 spiro atoms. The number of aromatic carboxylic acids is 1. The number of aryl methyl sites for hydroxylation is 1. The predicted octanol–water partition coefficient (Wildman–Crippen LogP) is 1.87. The molecule has 0 aliphatic heterocycles. The van der Waals surface area contributed by atoms with Crippen molar-refractivity contribution in [3.05, 3.63) is 47.3 Å². The van der Waals surface area contributed by atoms with Crippen molar-refractivity contribution in [3.8, 4) is 0 Å². The number of nitrogens with one attached hydrogen (secondary N) is 1. The average molecular weight is 388 g/mol. The molecule has 0 aliphatic rings. The zero-order valence-electron chi connectivity index (χ0n) is 16.1. The molecule has 1 amide bonds. The first-order chi connectivity index (χ1) is 13.4. The number of carbonyl (C=O) groups excluding carboxylic acids is 2. The van der Waals surface area contributed by atoms with E-state index in [9.17, 15) is 19.5 Å². The SMILES string of the molecule is CCN(CC)CCOC(=O)c1ccc(NC(=O)c2cnn(C)c2C(=O)O)cc1. The highest BCUT2D eigenvalue weighted by Gasteiger charge is 2.21. The zero-order valence-corrected chi connectivity index (χ0v) is 16.1. The Hall–Kier alpha value is -3.20. The van der Waals surface area contributed by atoms with Crippen LogP contribution in [0.1, 0.15) is 45.1 Å². The van der Waals surface area contributed by atoms with E-state index in [4.69, 9.17) is 4.74 Å². The standard InChI is InChI=1S/C19H24N4O5/c1-4-23(5-2)10-11-28-19(27)13-6-8-14(9-7-13)21-17(24)15-12-20-22(3)16(15)18(25)26/h6-9,12H,4-5,10-11H2,1-3H3,(H,21,24)(H,25,26). The molecule has 2 rings (SSSR count). The first-order valence-corrected chi connectivity index (χ1v) is 8.93. The maximum atomic E-state index is 12.3. The summed E-state index contributed by atoms with van der Waals surface area (Å²) in [6.07, 6.45) is 1.19. The second-order valence-electron chi connectivity index (χ2n) is 6.03. The smallest absolute Gasteiger partial charge is 0.354 e. The molecule has 0 fully saturated rings. The van der Waals surface area contributed by atoms with Gasteiger partial charge in [-0.1, -0.05) is 13.8 Å². The Morgan fingerprint density at radius 3 is 2.39 bits per heavy atom. The largest absolute Gasteiger partial charge is 0.477 e. The van der Waals surface area contributed by atoms with E-state index in [1.807, 2.05) is 13.8 Å². The van der Waals surface area contributed by atoms with Crippen molar-refractivity contribution in [1.82, 2.24) is 14.7 Å². The summed E-state index contributed by atoms with van der Waals surface area (Å²) in [6.45, 7) is 6.85. The summed E-state index contributed by atoms with van der Waals surface area (Å²) < 4.78 is 6.37. The number of amides is 1. The van der Waals surface area contributed by atoms with Crippen LogP contribution >= 0.6 is 0 Å². The molecule has 2 N–H and O–H groups in total. The minimum Gasteiger partial charge on any atom is -0.477 e. The quantitative estimate of drug-likeness (QED) is 0.630. The summed E-state index contributed by atoms with van der Waals surface area (Å²) in [5, 5.41) is 15.6. The van der Waals surface area contributed by atoms with Crippen LogP contribution in [0.2, 0.25) is 0 Å². The third-order valence-electron chi connectivity index (χ3n) is 4.30. The van der Waals surface area contributed by atoms with Gasteiger partial charge in [0.25, 0.3) is 5.91 Å². The van der Waals surface area contributed by atoms with E-state index in [0.717, 1.165) is 17.8 Å². The number of rotatable bonds is 9. The third kappa shape index (κ3) is 5.17. The first-order valence-electron chi connectivity index (χ1n) is 8.93. The number of esters is 1. The normalized spacial score (nSPS) is 10.7. The van der Waals surface area contributed by atoms with E-state index >= 15 is 0 Å². The van der Waals surface area contributed by atoms with Crippen molar-refractivity contribution < 1.29 is 24.2 Å². The van der Waals surface area contributed by atoms with E-state index in [-0.39, 0.29) is 11.3 Å². The van der Waals surface area contributed by atoms with Gasteiger partial charge in [0.15, 0.2) is 5.69 Å². The van der Waals surface area contributed by atoms with Crippen LogP contribution in [0.5, 0.6) is 0 Å². The lowest BCUT2D eigenvalue weighted by atomic mass is 10.2. The fourth-order valence-corrected chi connectivity index (χ4v) is 2.64. The van der Waals surface area contributed by atoms with E-state index in [0.29, 0.717) is 24.4 Å². The number of carboxylic acid groups (broad SMARTS) is 1. The molecule has 0 radical (unpaired) electrons. The van der Waals surface area contributed by atoms with Gasteiger partial charge in [-0.05, 0) is 37.4 Å². The molecule has 28 heavy (non-hydrogen) atoms. The van der Waals surface area contributed by atoms with Gasteiger partial charge in [-0.15, -0.1) is 0 Å². The fraction of sp³-hybridized carbons (Fsp3) is 0.368. The van der Waals surface area contributed by atoms with Gasteiger partial charge in [0, 0.05) is 19.3 Å². The summed E-state index contributed by atoms with van der Waals surface area (Å²) in [7, 11) is 1.45. The van der Waals surface area contributed by atoms with E-state index in [1.54, 1.807) is 12.1 Å². The van der Waals surface area contributed by atoms with Crippen molar-refractivity contribution in [1.29, 1.82) is 0 Å². The zero-order chi connectivity index (χ0) is 20.7. The van der Waals surface area contributed by atoms with Gasteiger partial charge in [-0.25, -0.2) is 9.59 Å². The number of hydrogen-bond acceptors (Lipinski definition) is 6. The number of carbonyl (C=O) groups is 3. The summed E-state index contributed by atoms with van der Waals surface area (Å²) in [6, 6.07) is 6.18. The van der Waals surface area contributed by atoms with Gasteiger partial charge in [0.2, 0.25) is 0 Å². The molecule has 0 saturated carbocycles. The third-order valence-corrected chi connectivity index (χ3v) is 4.30. The van der Waals surface area contributed by atoms with Crippen molar-refractivity contribution in [2.24, 2.45) is 7.05 Å². The lowest BCUT2D eigenvalue weighted by Crippen LogP contribution is -2.27. The number of aromatic nitrogens is 2. The molecule has 0 unspecified atom stereocenters. The highest BCUT2D eigenvalue weighted by Crippen LogP contribution is 2.14. The average Bonchev–Trinajstić information content (AvgIpc) is 3.07. The molecule has 9 heteroatoms. The molecular formula is C19H24N4O5. The minimum absolute atomic E-state index is 0.0464. The van der Waals surface area contributed by atoms with Crippen LogP contribution in [0.4, 0.5) is 5.69 Å². The number of carboxylic acids is 1. The number of ether oxygens (including phenoxy) is 1. The van der Waals surface area contributed by atoms with Crippen LogP contribution < -0.4 is 5.32 Å². The highest BCUT2D eigenvalue weighted by molar-refractivity contribution is 6.10. The molecule has 1 aromatic carbocycles. The minimum atomic E-state index is -1.24. The predicted molar refractivity (Wildman–Crippen MR) is 103 cm³/mol. The fourth-order valence-electron chi connectivity index (χ4n) is 2.64. The van der Waals surface area contributed by atoms with Crippen molar-refractivity contribution in [3.63, 3.8) is 0 Å². The second kappa shape index (κ2) is 9.65. The Kier molecular flexibility index (Phi) is 7.28. The lowest BCUT2D eigenvalue weighted by molar-refractivity contribution is 0.0466. The summed E-state index contributed by atoms with van der Waals surface area (Å²) in [5.41, 5.74) is 0.538. The highest BCUT2D eigenvalue weighted by atomic mass is 16.5. The van der Waals surface area contributed by atoms with Crippen LogP contribution in [0.15, 0.2) is 30.5 Å². The summed E-state index contributed by atoms with van der Waals surface area (Å²) in [5.74, 6) is -2.28. The lowest BCUT2D eigenvalue weighted by Gasteiger charge is -2.17. The Balaban J connectivity index is 1.96. The Morgan fingerprint density at radius 1 is 1.18 bits per heavy atom. The number of anilines is 1. The van der Waals surface area contributed by atoms with Crippen LogP contribution in [0.3, 0.4) is 0 Å². The second-order valence-corrected chi connectivity index (χ2v) is 6.03. The Bertz CT molecular complexity index is 841. The maximum absolute atomic E-state index is 12.3. The van der Waals surface area contributed by atoms with Gasteiger partial charge < -0.3 is 20.1 Å². The molecule has 0 bridgehead atoms. The molecule has 0 saturated heterocycles. The molecule has 1 heterocycles. The summed E-state index contributed by atoms with van der Waals surface area (Å²) >= 11 is 0. The van der Waals surface area contributed by atoms with Crippen LogP contribution in [-0.4, -0.2) is 63.9 Å². The number of nitrogens with zero attached hydrogens (tertiary/aromatic N) is 3. The van der Waals surface area contributed by atoms with Crippen molar-refractivity contribution >= 4 is 23.5 Å². The Labute approximate surface area is 162 Å². The van der Waals surface area contributed by atoms with E-state index in [2.05, 4.69) is 15.3 Å². The van der Waals surface area contributed by atoms with Crippen LogP contribution in [0.25, 0.3) is 0 Å². The monoisotopic (exact) mass is 388 g/mol. The topological polar surface area (TPSA) is 114 Å². The van der Waals surface area contributed by atoms with Gasteiger partial charge in [0.1, 0.15) is 6.61 Å². The van der Waals surface area contributed by atoms with Gasteiger partial charge in [-0.3, -0.25) is 9.48 Å². The number of hydrogen-bond donors (Lipinski definition) is 2. The first kappa shape index (κ1) is 21.1. The van der Waals surface area contributed by atoms with E-state index < -0.39 is 17.8 Å². The molecule has 150 valence electrons. The van der Waals surface area contributed by atoms with Crippen LogP contribution in [-0.2, 0) is 11.8 Å². The number of benzene rings is 1. The number of likely N-dealkylation sites (N-methyl/N-ethyl adjacent to an activating group) is 1.